The highest BCUT2D eigenvalue weighted by Crippen LogP contribution is 2.26. The Bertz CT molecular complexity index is 393. The molecule has 80 valence electrons. The number of aliphatic carboxylic acids is 1. The first-order valence-electron chi connectivity index (χ1n) is 4.11. The van der Waals surface area contributed by atoms with E-state index in [1.165, 1.54) is 6.08 Å². The van der Waals surface area contributed by atoms with Gasteiger partial charge in [-0.05, 0) is 34.1 Å². The summed E-state index contributed by atoms with van der Waals surface area (Å²) in [6.07, 6.45) is 1.34. The number of anilines is 1. The van der Waals surface area contributed by atoms with Crippen LogP contribution in [0.1, 0.15) is 0 Å². The first-order valence-corrected chi connectivity index (χ1v) is 5.70. The average molecular weight is 335 g/mol. The molecule has 0 radical (unpaired) electrons. The molecule has 0 heterocycles. The molecule has 0 saturated heterocycles. The van der Waals surface area contributed by atoms with Crippen LogP contribution in [0.5, 0.6) is 0 Å². The van der Waals surface area contributed by atoms with Gasteiger partial charge in [0.2, 0.25) is 0 Å². The van der Waals surface area contributed by atoms with E-state index in [1.54, 1.807) is 6.07 Å². The van der Waals surface area contributed by atoms with Gasteiger partial charge in [-0.15, -0.1) is 6.58 Å². The number of carboxylic acids is 1. The van der Waals surface area contributed by atoms with Crippen LogP contribution in [0.3, 0.4) is 0 Å². The molecule has 0 amide bonds. The van der Waals surface area contributed by atoms with Gasteiger partial charge < -0.3 is 10.4 Å². The van der Waals surface area contributed by atoms with Crippen LogP contribution in [0.4, 0.5) is 5.69 Å². The van der Waals surface area contributed by atoms with Crippen molar-refractivity contribution in [3.05, 3.63) is 39.8 Å². The van der Waals surface area contributed by atoms with E-state index in [9.17, 15) is 4.79 Å². The number of hydrogen-bond acceptors (Lipinski definition) is 2. The molecule has 15 heavy (non-hydrogen) atoms. The van der Waals surface area contributed by atoms with Crippen LogP contribution in [0.2, 0.25) is 0 Å². The van der Waals surface area contributed by atoms with E-state index >= 15 is 0 Å². The van der Waals surface area contributed by atoms with Gasteiger partial charge in [0.05, 0.1) is 5.69 Å². The molecule has 1 aromatic rings. The fourth-order valence-corrected chi connectivity index (χ4v) is 1.72. The van der Waals surface area contributed by atoms with E-state index in [1.807, 2.05) is 12.1 Å². The zero-order valence-electron chi connectivity index (χ0n) is 7.71. The van der Waals surface area contributed by atoms with Crippen molar-refractivity contribution < 1.29 is 9.90 Å². The summed E-state index contributed by atoms with van der Waals surface area (Å²) < 4.78 is 1.68. The Labute approximate surface area is 104 Å². The predicted molar refractivity (Wildman–Crippen MR) is 67.1 cm³/mol. The van der Waals surface area contributed by atoms with E-state index < -0.39 is 12.0 Å². The standard InChI is InChI=1S/C10H9Br2NO2/c1-2-8(10(14)15)13-9-5-6(11)3-4-7(9)12/h2-5,8,13H,1H2,(H,14,15). The zero-order chi connectivity index (χ0) is 11.4. The maximum absolute atomic E-state index is 10.8. The molecule has 1 rings (SSSR count). The smallest absolute Gasteiger partial charge is 0.330 e. The summed E-state index contributed by atoms with van der Waals surface area (Å²) in [5.74, 6) is -0.961. The second-order valence-corrected chi connectivity index (χ2v) is 4.59. The third kappa shape index (κ3) is 3.35. The summed E-state index contributed by atoms with van der Waals surface area (Å²) in [5.41, 5.74) is 0.705. The van der Waals surface area contributed by atoms with Crippen molar-refractivity contribution in [1.82, 2.24) is 0 Å². The minimum Gasteiger partial charge on any atom is -0.479 e. The highest BCUT2D eigenvalue weighted by Gasteiger charge is 2.13. The molecule has 1 atom stereocenters. The van der Waals surface area contributed by atoms with Gasteiger partial charge in [0.25, 0.3) is 0 Å². The van der Waals surface area contributed by atoms with Crippen molar-refractivity contribution in [2.75, 3.05) is 5.32 Å². The maximum Gasteiger partial charge on any atom is 0.330 e. The Morgan fingerprint density at radius 3 is 2.73 bits per heavy atom. The normalized spacial score (nSPS) is 11.9. The monoisotopic (exact) mass is 333 g/mol. The van der Waals surface area contributed by atoms with Crippen LogP contribution in [0, 0.1) is 0 Å². The van der Waals surface area contributed by atoms with Crippen molar-refractivity contribution >= 4 is 43.5 Å². The molecule has 0 aliphatic heterocycles. The molecule has 0 saturated carbocycles. The Morgan fingerprint density at radius 1 is 1.53 bits per heavy atom. The lowest BCUT2D eigenvalue weighted by Gasteiger charge is -2.13. The predicted octanol–water partition coefficient (Wildman–Crippen LogP) is 3.26. The summed E-state index contributed by atoms with van der Waals surface area (Å²) in [6, 6.07) is 4.69. The minimum atomic E-state index is -0.961. The number of nitrogens with one attached hydrogen (secondary N) is 1. The number of hydrogen-bond donors (Lipinski definition) is 2. The summed E-state index contributed by atoms with van der Waals surface area (Å²) in [4.78, 5) is 10.8. The van der Waals surface area contributed by atoms with Crippen molar-refractivity contribution in [1.29, 1.82) is 0 Å². The van der Waals surface area contributed by atoms with Crippen LogP contribution < -0.4 is 5.32 Å². The van der Waals surface area contributed by atoms with Crippen LogP contribution >= 0.6 is 31.9 Å². The van der Waals surface area contributed by atoms with Crippen molar-refractivity contribution in [3.8, 4) is 0 Å². The van der Waals surface area contributed by atoms with Gasteiger partial charge in [0, 0.05) is 8.95 Å². The molecule has 2 N–H and O–H groups in total. The third-order valence-electron chi connectivity index (χ3n) is 1.74. The highest BCUT2D eigenvalue weighted by atomic mass is 79.9. The summed E-state index contributed by atoms with van der Waals surface area (Å²) in [6.45, 7) is 3.46. The fourth-order valence-electron chi connectivity index (χ4n) is 0.997. The second kappa shape index (κ2) is 5.32. The van der Waals surface area contributed by atoms with E-state index in [0.717, 1.165) is 8.95 Å². The van der Waals surface area contributed by atoms with Gasteiger partial charge in [0.15, 0.2) is 0 Å². The van der Waals surface area contributed by atoms with Gasteiger partial charge >= 0.3 is 5.97 Å². The SMILES string of the molecule is C=CC(Nc1cc(Br)ccc1Br)C(=O)O. The molecule has 5 heteroatoms. The number of benzene rings is 1. The van der Waals surface area contributed by atoms with E-state index in [0.29, 0.717) is 5.69 Å². The van der Waals surface area contributed by atoms with E-state index in [2.05, 4.69) is 43.8 Å². The summed E-state index contributed by atoms with van der Waals surface area (Å²) in [5, 5.41) is 11.7. The van der Waals surface area contributed by atoms with Gasteiger partial charge in [-0.25, -0.2) is 4.79 Å². The molecule has 0 aliphatic rings. The molecule has 1 unspecified atom stereocenters. The zero-order valence-corrected chi connectivity index (χ0v) is 10.9. The molecule has 3 nitrogen and oxygen atoms in total. The van der Waals surface area contributed by atoms with Crippen molar-refractivity contribution in [2.45, 2.75) is 6.04 Å². The molecule has 0 spiro atoms. The third-order valence-corrected chi connectivity index (χ3v) is 2.93. The largest absolute Gasteiger partial charge is 0.479 e. The van der Waals surface area contributed by atoms with E-state index in [4.69, 9.17) is 5.11 Å². The molecule has 0 bridgehead atoms. The number of carboxylic acid groups (broad SMARTS) is 1. The maximum atomic E-state index is 10.8. The molecule has 0 fully saturated rings. The van der Waals surface area contributed by atoms with Crippen LogP contribution in [-0.4, -0.2) is 17.1 Å². The Balaban J connectivity index is 2.92. The molecule has 0 aromatic heterocycles. The minimum absolute atomic E-state index is 0.705. The Morgan fingerprint density at radius 2 is 2.20 bits per heavy atom. The van der Waals surface area contributed by atoms with Gasteiger partial charge in [-0.2, -0.15) is 0 Å². The molecular formula is C10H9Br2NO2. The lowest BCUT2D eigenvalue weighted by molar-refractivity contribution is -0.136. The first kappa shape index (κ1) is 12.3. The molecule has 1 aromatic carbocycles. The lowest BCUT2D eigenvalue weighted by Crippen LogP contribution is -2.26. The van der Waals surface area contributed by atoms with Crippen LogP contribution in [0.15, 0.2) is 39.8 Å². The fraction of sp³-hybridized carbons (Fsp3) is 0.100. The number of rotatable bonds is 4. The lowest BCUT2D eigenvalue weighted by atomic mass is 10.2. The molecule has 0 aliphatic carbocycles. The second-order valence-electron chi connectivity index (χ2n) is 2.82. The van der Waals surface area contributed by atoms with Crippen LogP contribution in [0.25, 0.3) is 0 Å². The Hall–Kier alpha value is -0.810. The topological polar surface area (TPSA) is 49.3 Å². The summed E-state index contributed by atoms with van der Waals surface area (Å²) in [7, 11) is 0. The quantitative estimate of drug-likeness (QED) is 0.831. The van der Waals surface area contributed by atoms with Gasteiger partial charge in [-0.3, -0.25) is 0 Å². The summed E-state index contributed by atoms with van der Waals surface area (Å²) >= 11 is 6.64. The average Bonchev–Trinajstić information content (AvgIpc) is 2.18. The van der Waals surface area contributed by atoms with Crippen molar-refractivity contribution in [2.24, 2.45) is 0 Å². The van der Waals surface area contributed by atoms with Gasteiger partial charge in [-0.1, -0.05) is 22.0 Å². The first-order chi connectivity index (χ1) is 7.04. The van der Waals surface area contributed by atoms with Crippen LogP contribution in [-0.2, 0) is 4.79 Å². The van der Waals surface area contributed by atoms with E-state index in [-0.39, 0.29) is 0 Å². The number of carbonyl (C=O) groups is 1. The van der Waals surface area contributed by atoms with Gasteiger partial charge in [0.1, 0.15) is 6.04 Å². The Kier molecular flexibility index (Phi) is 4.35. The molecular weight excluding hydrogens is 326 g/mol. The van der Waals surface area contributed by atoms with Crippen molar-refractivity contribution in [3.63, 3.8) is 0 Å². The number of halogens is 2. The highest BCUT2D eigenvalue weighted by molar-refractivity contribution is 9.11.